The molecular formula is C29H33FN4O4. The maximum absolute atomic E-state index is 13.7. The number of benzene rings is 1. The molecule has 1 atom stereocenters. The molecule has 1 aliphatic rings. The molecule has 1 saturated carbocycles. The molecule has 2 aromatic heterocycles. The van der Waals surface area contributed by atoms with Gasteiger partial charge in [-0.1, -0.05) is 37.5 Å². The monoisotopic (exact) mass is 520 g/mol. The van der Waals surface area contributed by atoms with Crippen LogP contribution in [0.3, 0.4) is 0 Å². The minimum Gasteiger partial charge on any atom is -0.467 e. The van der Waals surface area contributed by atoms with E-state index in [0.29, 0.717) is 17.1 Å². The summed E-state index contributed by atoms with van der Waals surface area (Å²) in [4.78, 5) is 45.1. The first-order valence-corrected chi connectivity index (χ1v) is 13.1. The zero-order valence-corrected chi connectivity index (χ0v) is 21.3. The zero-order valence-electron chi connectivity index (χ0n) is 21.3. The largest absolute Gasteiger partial charge is 0.467 e. The molecule has 9 heteroatoms. The van der Waals surface area contributed by atoms with Crippen LogP contribution in [0.4, 0.5) is 10.2 Å². The third kappa shape index (κ3) is 7.74. The van der Waals surface area contributed by atoms with Crippen LogP contribution < -0.4 is 10.6 Å². The number of pyridine rings is 1. The Bertz CT molecular complexity index is 1180. The molecule has 38 heavy (non-hydrogen) atoms. The highest BCUT2D eigenvalue weighted by Crippen LogP contribution is 2.27. The summed E-state index contributed by atoms with van der Waals surface area (Å²) in [5.74, 6) is -0.332. The third-order valence-electron chi connectivity index (χ3n) is 6.65. The highest BCUT2D eigenvalue weighted by Gasteiger charge is 2.33. The van der Waals surface area contributed by atoms with Gasteiger partial charge in [0.05, 0.1) is 12.8 Å². The molecule has 8 nitrogen and oxygen atoms in total. The topological polar surface area (TPSA) is 105 Å². The van der Waals surface area contributed by atoms with Gasteiger partial charge in [-0.25, -0.2) is 9.37 Å². The number of furan rings is 1. The normalized spacial score (nSPS) is 14.4. The number of hydrogen-bond acceptors (Lipinski definition) is 5. The molecule has 0 bridgehead atoms. The molecule has 3 amide bonds. The molecule has 1 unspecified atom stereocenters. The van der Waals surface area contributed by atoms with Crippen LogP contribution in [0.2, 0.25) is 0 Å². The standard InChI is InChI=1S/C29H33FN4O4/c30-22-16-14-21(15-17-22)28(29(37)32-23-8-2-1-3-9-23)34(20-24-10-7-19-38-24)27(36)13-6-12-26(35)33-25-11-4-5-18-31-25/h4-5,7,10-11,14-19,23,28H,1-3,6,8-9,12-13,20H2,(H,32,37)(H,31,33,35). The molecule has 2 N–H and O–H groups in total. The summed E-state index contributed by atoms with van der Waals surface area (Å²) in [6, 6.07) is 13.4. The molecule has 0 aliphatic heterocycles. The van der Waals surface area contributed by atoms with Crippen LogP contribution in [0.25, 0.3) is 0 Å². The smallest absolute Gasteiger partial charge is 0.247 e. The van der Waals surface area contributed by atoms with Gasteiger partial charge in [0.1, 0.15) is 23.4 Å². The number of anilines is 1. The van der Waals surface area contributed by atoms with Gasteiger partial charge in [-0.2, -0.15) is 0 Å². The summed E-state index contributed by atoms with van der Waals surface area (Å²) < 4.78 is 19.3. The van der Waals surface area contributed by atoms with E-state index >= 15 is 0 Å². The molecule has 1 aliphatic carbocycles. The molecule has 1 aromatic carbocycles. The number of hydrogen-bond donors (Lipinski definition) is 2. The summed E-state index contributed by atoms with van der Waals surface area (Å²) >= 11 is 0. The van der Waals surface area contributed by atoms with E-state index in [9.17, 15) is 18.8 Å². The minimum absolute atomic E-state index is 0.0371. The summed E-state index contributed by atoms with van der Waals surface area (Å²) in [5.41, 5.74) is 0.507. The van der Waals surface area contributed by atoms with E-state index in [1.54, 1.807) is 36.5 Å². The number of aromatic nitrogens is 1. The highest BCUT2D eigenvalue weighted by molar-refractivity contribution is 5.91. The van der Waals surface area contributed by atoms with Crippen LogP contribution in [-0.4, -0.2) is 33.6 Å². The number of rotatable bonds is 11. The Kier molecular flexibility index (Phi) is 9.61. The van der Waals surface area contributed by atoms with Crippen molar-refractivity contribution in [3.8, 4) is 0 Å². The Labute approximate surface area is 221 Å². The molecule has 2 heterocycles. The van der Waals surface area contributed by atoms with Crippen molar-refractivity contribution in [3.05, 3.63) is 84.2 Å². The number of halogens is 1. The van der Waals surface area contributed by atoms with E-state index in [1.807, 2.05) is 0 Å². The van der Waals surface area contributed by atoms with Crippen molar-refractivity contribution in [2.24, 2.45) is 0 Å². The van der Waals surface area contributed by atoms with E-state index in [1.165, 1.54) is 35.4 Å². The maximum atomic E-state index is 13.7. The summed E-state index contributed by atoms with van der Waals surface area (Å²) in [6.07, 6.45) is 8.55. The Hall–Kier alpha value is -4.01. The van der Waals surface area contributed by atoms with Gasteiger partial charge in [0.15, 0.2) is 0 Å². The van der Waals surface area contributed by atoms with Gasteiger partial charge in [0.2, 0.25) is 17.7 Å². The van der Waals surface area contributed by atoms with Crippen LogP contribution in [0, 0.1) is 5.82 Å². The fraction of sp³-hybridized carbons (Fsp3) is 0.379. The lowest BCUT2D eigenvalue weighted by molar-refractivity contribution is -0.142. The van der Waals surface area contributed by atoms with Crippen LogP contribution in [0.5, 0.6) is 0 Å². The van der Waals surface area contributed by atoms with Crippen LogP contribution in [0.1, 0.15) is 68.7 Å². The quantitative estimate of drug-likeness (QED) is 0.364. The molecule has 0 radical (unpaired) electrons. The van der Waals surface area contributed by atoms with Crippen molar-refractivity contribution in [2.45, 2.75) is 70.0 Å². The van der Waals surface area contributed by atoms with E-state index in [4.69, 9.17) is 4.42 Å². The van der Waals surface area contributed by atoms with Crippen molar-refractivity contribution in [1.82, 2.24) is 15.2 Å². The van der Waals surface area contributed by atoms with Gasteiger partial charge < -0.3 is 20.0 Å². The number of nitrogens with one attached hydrogen (secondary N) is 2. The summed E-state index contributed by atoms with van der Waals surface area (Å²) in [7, 11) is 0. The van der Waals surface area contributed by atoms with Crippen LogP contribution in [0.15, 0.2) is 71.5 Å². The first-order chi connectivity index (χ1) is 18.5. The average molecular weight is 521 g/mol. The van der Waals surface area contributed by atoms with Crippen molar-refractivity contribution < 1.29 is 23.2 Å². The second kappa shape index (κ2) is 13.5. The van der Waals surface area contributed by atoms with E-state index in [-0.39, 0.29) is 49.6 Å². The molecule has 4 rings (SSSR count). The van der Waals surface area contributed by atoms with Crippen molar-refractivity contribution in [2.75, 3.05) is 5.32 Å². The molecule has 1 fully saturated rings. The number of carbonyl (C=O) groups is 3. The first kappa shape index (κ1) is 27.0. The van der Waals surface area contributed by atoms with Gasteiger partial charge in [-0.3, -0.25) is 14.4 Å². The van der Waals surface area contributed by atoms with Crippen molar-refractivity contribution in [1.29, 1.82) is 0 Å². The second-order valence-corrected chi connectivity index (χ2v) is 9.52. The Balaban J connectivity index is 1.50. The first-order valence-electron chi connectivity index (χ1n) is 13.1. The second-order valence-electron chi connectivity index (χ2n) is 9.52. The van der Waals surface area contributed by atoms with Gasteiger partial charge in [0.25, 0.3) is 0 Å². The fourth-order valence-electron chi connectivity index (χ4n) is 4.72. The zero-order chi connectivity index (χ0) is 26.7. The molecular weight excluding hydrogens is 487 g/mol. The number of amides is 3. The van der Waals surface area contributed by atoms with Gasteiger partial charge in [-0.15, -0.1) is 0 Å². The maximum Gasteiger partial charge on any atom is 0.247 e. The molecule has 0 saturated heterocycles. The minimum atomic E-state index is -0.975. The Morgan fingerprint density at radius 2 is 1.79 bits per heavy atom. The highest BCUT2D eigenvalue weighted by atomic mass is 19.1. The fourth-order valence-corrected chi connectivity index (χ4v) is 4.72. The van der Waals surface area contributed by atoms with Crippen LogP contribution >= 0.6 is 0 Å². The SMILES string of the molecule is O=C(CCCC(=O)N(Cc1ccco1)C(C(=O)NC1CCCCC1)c1ccc(F)cc1)Nc1ccccn1. The molecule has 200 valence electrons. The number of carbonyl (C=O) groups excluding carboxylic acids is 3. The Morgan fingerprint density at radius 3 is 2.47 bits per heavy atom. The number of nitrogens with zero attached hydrogens (tertiary/aromatic N) is 2. The Morgan fingerprint density at radius 1 is 1.00 bits per heavy atom. The lowest BCUT2D eigenvalue weighted by Gasteiger charge is -2.33. The predicted octanol–water partition coefficient (Wildman–Crippen LogP) is 5.14. The van der Waals surface area contributed by atoms with E-state index in [2.05, 4.69) is 15.6 Å². The van der Waals surface area contributed by atoms with Gasteiger partial charge in [-0.05, 0) is 61.2 Å². The third-order valence-corrected chi connectivity index (χ3v) is 6.65. The average Bonchev–Trinajstić information content (AvgIpc) is 3.44. The predicted molar refractivity (Wildman–Crippen MR) is 140 cm³/mol. The molecule has 0 spiro atoms. The van der Waals surface area contributed by atoms with E-state index in [0.717, 1.165) is 32.1 Å². The van der Waals surface area contributed by atoms with Gasteiger partial charge in [0, 0.05) is 25.1 Å². The summed E-state index contributed by atoms with van der Waals surface area (Å²) in [6.45, 7) is 0.0616. The summed E-state index contributed by atoms with van der Waals surface area (Å²) in [5, 5.41) is 5.83. The lowest BCUT2D eigenvalue weighted by atomic mass is 9.94. The van der Waals surface area contributed by atoms with Crippen LogP contribution in [-0.2, 0) is 20.9 Å². The van der Waals surface area contributed by atoms with E-state index < -0.39 is 11.9 Å². The lowest BCUT2D eigenvalue weighted by Crippen LogP contribution is -2.46. The van der Waals surface area contributed by atoms with Crippen molar-refractivity contribution in [3.63, 3.8) is 0 Å². The van der Waals surface area contributed by atoms with Gasteiger partial charge >= 0.3 is 0 Å². The van der Waals surface area contributed by atoms with Crippen molar-refractivity contribution >= 4 is 23.5 Å². The molecule has 3 aromatic rings.